The molecule has 0 aliphatic heterocycles. The Labute approximate surface area is 180 Å². The molecule has 164 valence electrons. The van der Waals surface area contributed by atoms with Crippen LogP contribution in [-0.2, 0) is 21.4 Å². The van der Waals surface area contributed by atoms with E-state index in [1.165, 1.54) is 4.31 Å². The highest BCUT2D eigenvalue weighted by Crippen LogP contribution is 2.32. The number of ether oxygens (including phenoxy) is 1. The number of hydrogen-bond donors (Lipinski definition) is 1. The zero-order valence-corrected chi connectivity index (χ0v) is 19.4. The topological polar surface area (TPSA) is 75.7 Å². The van der Waals surface area contributed by atoms with Gasteiger partial charge in [0.2, 0.25) is 15.9 Å². The predicted molar refractivity (Wildman–Crippen MR) is 120 cm³/mol. The number of sulfonamides is 1. The first-order valence-electron chi connectivity index (χ1n) is 9.99. The van der Waals surface area contributed by atoms with Crippen LogP contribution in [0, 0.1) is 6.92 Å². The SMILES string of the molecule is COc1cc(C)c([C@H](C)NC(=O)CN(Cc2ccccc2)S(C)(=O)=O)cc1C(C)C. The van der Waals surface area contributed by atoms with Gasteiger partial charge in [-0.25, -0.2) is 8.42 Å². The molecule has 6 nitrogen and oxygen atoms in total. The first-order valence-corrected chi connectivity index (χ1v) is 11.8. The van der Waals surface area contributed by atoms with E-state index in [0.29, 0.717) is 0 Å². The van der Waals surface area contributed by atoms with E-state index in [4.69, 9.17) is 4.74 Å². The average Bonchev–Trinajstić information content (AvgIpc) is 2.66. The first kappa shape index (κ1) is 23.9. The molecule has 2 aromatic carbocycles. The van der Waals surface area contributed by atoms with Crippen molar-refractivity contribution in [2.24, 2.45) is 0 Å². The minimum atomic E-state index is -3.54. The van der Waals surface area contributed by atoms with Crippen molar-refractivity contribution in [3.8, 4) is 5.75 Å². The number of nitrogens with zero attached hydrogens (tertiary/aromatic N) is 1. The molecular weight excluding hydrogens is 400 g/mol. The summed E-state index contributed by atoms with van der Waals surface area (Å²) in [4.78, 5) is 12.7. The summed E-state index contributed by atoms with van der Waals surface area (Å²) in [6, 6.07) is 13.0. The molecule has 7 heteroatoms. The van der Waals surface area contributed by atoms with E-state index in [-0.39, 0.29) is 31.0 Å². The molecule has 0 aliphatic rings. The van der Waals surface area contributed by atoms with Gasteiger partial charge in [0.1, 0.15) is 5.75 Å². The van der Waals surface area contributed by atoms with Gasteiger partial charge in [-0.1, -0.05) is 44.2 Å². The molecular formula is C23H32N2O4S. The molecule has 1 N–H and O–H groups in total. The van der Waals surface area contributed by atoms with Crippen LogP contribution in [0.1, 0.15) is 55.0 Å². The van der Waals surface area contributed by atoms with Crippen LogP contribution < -0.4 is 10.1 Å². The van der Waals surface area contributed by atoms with Crippen molar-refractivity contribution >= 4 is 15.9 Å². The van der Waals surface area contributed by atoms with Crippen molar-refractivity contribution < 1.29 is 17.9 Å². The Morgan fingerprint density at radius 1 is 1.10 bits per heavy atom. The van der Waals surface area contributed by atoms with Crippen LogP contribution in [0.5, 0.6) is 5.75 Å². The summed E-state index contributed by atoms with van der Waals surface area (Å²) in [5, 5.41) is 2.94. The molecule has 0 radical (unpaired) electrons. The second-order valence-corrected chi connectivity index (χ2v) is 9.89. The fourth-order valence-electron chi connectivity index (χ4n) is 3.41. The second kappa shape index (κ2) is 10.1. The quantitative estimate of drug-likeness (QED) is 0.655. The van der Waals surface area contributed by atoms with Gasteiger partial charge in [0, 0.05) is 6.54 Å². The van der Waals surface area contributed by atoms with Gasteiger partial charge in [0.05, 0.1) is 26.0 Å². The smallest absolute Gasteiger partial charge is 0.235 e. The van der Waals surface area contributed by atoms with Crippen LogP contribution >= 0.6 is 0 Å². The Kier molecular flexibility index (Phi) is 8.03. The van der Waals surface area contributed by atoms with Crippen LogP contribution in [0.4, 0.5) is 0 Å². The van der Waals surface area contributed by atoms with E-state index in [2.05, 4.69) is 25.2 Å². The van der Waals surface area contributed by atoms with Gasteiger partial charge in [-0.05, 0) is 54.2 Å². The molecule has 0 bridgehead atoms. The minimum Gasteiger partial charge on any atom is -0.496 e. The molecule has 0 spiro atoms. The fourth-order valence-corrected chi connectivity index (χ4v) is 4.15. The van der Waals surface area contributed by atoms with Crippen molar-refractivity contribution in [1.29, 1.82) is 0 Å². The molecule has 2 rings (SSSR count). The van der Waals surface area contributed by atoms with E-state index < -0.39 is 10.0 Å². The fraction of sp³-hybridized carbons (Fsp3) is 0.435. The zero-order valence-electron chi connectivity index (χ0n) is 18.6. The molecule has 0 unspecified atom stereocenters. The van der Waals surface area contributed by atoms with Gasteiger partial charge in [0.15, 0.2) is 0 Å². The average molecular weight is 433 g/mol. The minimum absolute atomic E-state index is 0.153. The molecule has 2 aromatic rings. The van der Waals surface area contributed by atoms with Crippen molar-refractivity contribution in [2.75, 3.05) is 19.9 Å². The van der Waals surface area contributed by atoms with E-state index >= 15 is 0 Å². The maximum Gasteiger partial charge on any atom is 0.235 e. The molecule has 0 saturated heterocycles. The van der Waals surface area contributed by atoms with Gasteiger partial charge < -0.3 is 10.1 Å². The summed E-state index contributed by atoms with van der Waals surface area (Å²) in [5.74, 6) is 0.759. The number of hydrogen-bond acceptors (Lipinski definition) is 4. The maximum atomic E-state index is 12.7. The normalized spacial score (nSPS) is 12.8. The van der Waals surface area contributed by atoms with Gasteiger partial charge in [-0.2, -0.15) is 4.31 Å². The molecule has 1 atom stereocenters. The highest BCUT2D eigenvalue weighted by atomic mass is 32.2. The monoisotopic (exact) mass is 432 g/mol. The van der Waals surface area contributed by atoms with Crippen LogP contribution in [0.25, 0.3) is 0 Å². The number of rotatable bonds is 9. The summed E-state index contributed by atoms with van der Waals surface area (Å²) in [7, 11) is -1.89. The summed E-state index contributed by atoms with van der Waals surface area (Å²) in [6.45, 7) is 7.98. The van der Waals surface area contributed by atoms with E-state index in [0.717, 1.165) is 34.3 Å². The molecule has 1 amide bonds. The number of carbonyl (C=O) groups is 1. The summed E-state index contributed by atoms with van der Waals surface area (Å²) < 4.78 is 31.1. The third-order valence-corrected chi connectivity index (χ3v) is 6.27. The van der Waals surface area contributed by atoms with Crippen LogP contribution in [0.15, 0.2) is 42.5 Å². The lowest BCUT2D eigenvalue weighted by atomic mass is 9.93. The molecule has 0 aromatic heterocycles. The van der Waals surface area contributed by atoms with Crippen LogP contribution in [-0.4, -0.2) is 38.5 Å². The van der Waals surface area contributed by atoms with E-state index in [1.54, 1.807) is 7.11 Å². The lowest BCUT2D eigenvalue weighted by Gasteiger charge is -2.23. The van der Waals surface area contributed by atoms with Gasteiger partial charge in [-0.3, -0.25) is 4.79 Å². The molecule has 30 heavy (non-hydrogen) atoms. The van der Waals surface area contributed by atoms with Crippen LogP contribution in [0.2, 0.25) is 0 Å². The highest BCUT2D eigenvalue weighted by Gasteiger charge is 2.22. The van der Waals surface area contributed by atoms with Crippen molar-refractivity contribution in [3.05, 3.63) is 64.7 Å². The number of nitrogens with one attached hydrogen (secondary N) is 1. The van der Waals surface area contributed by atoms with Gasteiger partial charge >= 0.3 is 0 Å². The Morgan fingerprint density at radius 3 is 2.27 bits per heavy atom. The summed E-state index contributed by atoms with van der Waals surface area (Å²) in [6.07, 6.45) is 1.12. The Hall–Kier alpha value is -2.38. The van der Waals surface area contributed by atoms with E-state index in [1.807, 2.05) is 50.2 Å². The molecule has 0 aliphatic carbocycles. The van der Waals surface area contributed by atoms with Crippen molar-refractivity contribution in [1.82, 2.24) is 9.62 Å². The number of aryl methyl sites for hydroxylation is 1. The lowest BCUT2D eigenvalue weighted by Crippen LogP contribution is -2.40. The van der Waals surface area contributed by atoms with E-state index in [9.17, 15) is 13.2 Å². The highest BCUT2D eigenvalue weighted by molar-refractivity contribution is 7.88. The second-order valence-electron chi connectivity index (χ2n) is 7.91. The third kappa shape index (κ3) is 6.31. The number of carbonyl (C=O) groups excluding carboxylic acids is 1. The maximum absolute atomic E-state index is 12.7. The first-order chi connectivity index (χ1) is 14.0. The number of benzene rings is 2. The van der Waals surface area contributed by atoms with Crippen molar-refractivity contribution in [2.45, 2.75) is 46.2 Å². The van der Waals surface area contributed by atoms with Crippen LogP contribution in [0.3, 0.4) is 0 Å². The van der Waals surface area contributed by atoms with Crippen molar-refractivity contribution in [3.63, 3.8) is 0 Å². The van der Waals surface area contributed by atoms with Gasteiger partial charge in [0.25, 0.3) is 0 Å². The Morgan fingerprint density at radius 2 is 1.73 bits per heavy atom. The number of amides is 1. The lowest BCUT2D eigenvalue weighted by molar-refractivity contribution is -0.122. The van der Waals surface area contributed by atoms with Gasteiger partial charge in [-0.15, -0.1) is 0 Å². The zero-order chi connectivity index (χ0) is 22.5. The molecule has 0 heterocycles. The largest absolute Gasteiger partial charge is 0.496 e. The standard InChI is InChI=1S/C23H32N2O4S/c1-16(2)20-13-21(17(3)12-22(20)29-5)18(4)24-23(26)15-25(30(6,27)28)14-19-10-8-7-9-11-19/h7-13,16,18H,14-15H2,1-6H3,(H,24,26)/t18-/m0/s1. The summed E-state index contributed by atoms with van der Waals surface area (Å²) in [5.41, 5.74) is 3.90. The predicted octanol–water partition coefficient (Wildman–Crippen LogP) is 3.77. The molecule has 0 fully saturated rings. The Balaban J connectivity index is 2.17. The Bertz CT molecular complexity index is 972. The third-order valence-electron chi connectivity index (χ3n) is 5.08. The number of methoxy groups -OCH3 is 1. The molecule has 0 saturated carbocycles. The summed E-state index contributed by atoms with van der Waals surface area (Å²) >= 11 is 0.